The number of rotatable bonds is 5. The maximum atomic E-state index is 14.7. The standard InChI is InChI=1S/C19H21ClFN3O4S2/c20-17-4-3-16(29-17)18(25)22-10-13-11-24(19(26)28-13)12-1-2-15(14(21)9-12)23-5-7-30(27)8-6-23/h1-3,9,13,17H,4-8,10-11H2,(H,22,25)/t13-,17?/m0/s1. The highest BCUT2D eigenvalue weighted by molar-refractivity contribution is 8.05. The topological polar surface area (TPSA) is 79.0 Å². The summed E-state index contributed by atoms with van der Waals surface area (Å²) in [5, 5.41) is 2.75. The van der Waals surface area contributed by atoms with E-state index >= 15 is 0 Å². The van der Waals surface area contributed by atoms with Crippen LogP contribution in [0.3, 0.4) is 0 Å². The Morgan fingerprint density at radius 3 is 2.80 bits per heavy atom. The molecule has 2 amide bonds. The molecule has 0 bridgehead atoms. The van der Waals surface area contributed by atoms with Crippen LogP contribution in [0, 0.1) is 5.82 Å². The summed E-state index contributed by atoms with van der Waals surface area (Å²) in [6.45, 7) is 1.45. The monoisotopic (exact) mass is 473 g/mol. The SMILES string of the molecule is O=C(NC[C@H]1CN(c2ccc(N3CCS(=O)CC3)c(F)c2)C(=O)O1)C1=CCC(Cl)S1. The molecule has 1 aromatic rings. The highest BCUT2D eigenvalue weighted by atomic mass is 35.5. The third kappa shape index (κ3) is 4.76. The van der Waals surface area contributed by atoms with Gasteiger partial charge in [0.15, 0.2) is 0 Å². The highest BCUT2D eigenvalue weighted by Gasteiger charge is 2.33. The lowest BCUT2D eigenvalue weighted by Crippen LogP contribution is -2.38. The summed E-state index contributed by atoms with van der Waals surface area (Å²) in [5.41, 5.74) is 0.835. The van der Waals surface area contributed by atoms with Crippen LogP contribution >= 0.6 is 23.4 Å². The minimum absolute atomic E-state index is 0.129. The van der Waals surface area contributed by atoms with Crippen LogP contribution in [0.15, 0.2) is 29.2 Å². The fraction of sp³-hybridized carbons (Fsp3) is 0.474. The third-order valence-electron chi connectivity index (χ3n) is 5.09. The van der Waals surface area contributed by atoms with Crippen LogP contribution < -0.4 is 15.1 Å². The number of nitrogens with one attached hydrogen (secondary N) is 1. The van der Waals surface area contributed by atoms with Crippen LogP contribution in [0.25, 0.3) is 0 Å². The van der Waals surface area contributed by atoms with Crippen LogP contribution in [-0.4, -0.2) is 64.7 Å². The number of amides is 2. The Morgan fingerprint density at radius 1 is 1.37 bits per heavy atom. The number of halogens is 2. The van der Waals surface area contributed by atoms with Gasteiger partial charge in [-0.25, -0.2) is 9.18 Å². The van der Waals surface area contributed by atoms with E-state index < -0.39 is 28.8 Å². The fourth-order valence-corrected chi connectivity index (χ4v) is 5.78. The molecular weight excluding hydrogens is 453 g/mol. The molecule has 4 rings (SSSR count). The molecular formula is C19H21ClFN3O4S2. The molecule has 3 aliphatic rings. The molecule has 3 aliphatic heterocycles. The van der Waals surface area contributed by atoms with E-state index in [0.717, 1.165) is 0 Å². The molecule has 0 saturated carbocycles. The number of ether oxygens (including phenoxy) is 1. The predicted octanol–water partition coefficient (Wildman–Crippen LogP) is 2.42. The molecule has 0 aromatic heterocycles. The molecule has 2 fully saturated rings. The zero-order chi connectivity index (χ0) is 21.3. The number of thioether (sulfide) groups is 1. The Kier molecular flexibility index (Phi) is 6.54. The Balaban J connectivity index is 1.35. The molecule has 3 heterocycles. The Morgan fingerprint density at radius 2 is 2.13 bits per heavy atom. The first-order valence-corrected chi connectivity index (χ1v) is 12.4. The van der Waals surface area contributed by atoms with Gasteiger partial charge in [-0.1, -0.05) is 6.08 Å². The van der Waals surface area contributed by atoms with Crippen LogP contribution in [0.1, 0.15) is 6.42 Å². The number of alkyl halides is 1. The number of anilines is 2. The van der Waals surface area contributed by atoms with Crippen molar-refractivity contribution < 1.29 is 22.9 Å². The number of carbonyl (C=O) groups excluding carboxylic acids is 2. The van der Waals surface area contributed by atoms with E-state index in [1.54, 1.807) is 18.2 Å². The third-order valence-corrected chi connectivity index (χ3v) is 7.87. The van der Waals surface area contributed by atoms with Gasteiger partial charge in [0.1, 0.15) is 11.9 Å². The molecule has 1 unspecified atom stereocenters. The molecule has 30 heavy (non-hydrogen) atoms. The van der Waals surface area contributed by atoms with Gasteiger partial charge in [-0.2, -0.15) is 0 Å². The Hall–Kier alpha value is -1.78. The fourth-order valence-electron chi connectivity index (χ4n) is 3.51. The lowest BCUT2D eigenvalue weighted by atomic mass is 10.2. The molecule has 11 heteroatoms. The summed E-state index contributed by atoms with van der Waals surface area (Å²) in [5.74, 6) is 0.364. The van der Waals surface area contributed by atoms with Gasteiger partial charge >= 0.3 is 6.09 Å². The van der Waals surface area contributed by atoms with Gasteiger partial charge in [0.05, 0.1) is 34.1 Å². The van der Waals surface area contributed by atoms with Gasteiger partial charge in [-0.15, -0.1) is 23.4 Å². The summed E-state index contributed by atoms with van der Waals surface area (Å²) in [7, 11) is -0.840. The first-order chi connectivity index (χ1) is 14.4. The zero-order valence-electron chi connectivity index (χ0n) is 16.0. The van der Waals surface area contributed by atoms with Crippen LogP contribution in [0.5, 0.6) is 0 Å². The molecule has 0 spiro atoms. The van der Waals surface area contributed by atoms with Gasteiger partial charge in [-0.3, -0.25) is 13.9 Å². The van der Waals surface area contributed by atoms with Crippen molar-refractivity contribution in [3.63, 3.8) is 0 Å². The number of benzene rings is 1. The first-order valence-electron chi connectivity index (χ1n) is 9.57. The normalized spacial score (nSPS) is 24.7. The van der Waals surface area contributed by atoms with E-state index in [2.05, 4.69) is 5.32 Å². The van der Waals surface area contributed by atoms with Crippen molar-refractivity contribution in [2.75, 3.05) is 47.5 Å². The maximum Gasteiger partial charge on any atom is 0.414 e. The van der Waals surface area contributed by atoms with Crippen LogP contribution in [-0.2, 0) is 20.3 Å². The number of nitrogens with zero attached hydrogens (tertiary/aromatic N) is 2. The smallest absolute Gasteiger partial charge is 0.414 e. The Labute approximate surface area is 185 Å². The zero-order valence-corrected chi connectivity index (χ0v) is 18.4. The highest BCUT2D eigenvalue weighted by Crippen LogP contribution is 2.34. The average molecular weight is 474 g/mol. The van der Waals surface area contributed by atoms with Crippen molar-refractivity contribution in [1.82, 2.24) is 5.32 Å². The quantitative estimate of drug-likeness (QED) is 0.662. The van der Waals surface area contributed by atoms with Crippen molar-refractivity contribution >= 4 is 57.5 Å². The van der Waals surface area contributed by atoms with E-state index in [9.17, 15) is 18.2 Å². The second-order valence-corrected chi connectivity index (χ2v) is 10.9. The van der Waals surface area contributed by atoms with Crippen molar-refractivity contribution in [3.05, 3.63) is 35.0 Å². The van der Waals surface area contributed by atoms with Crippen molar-refractivity contribution in [2.24, 2.45) is 0 Å². The van der Waals surface area contributed by atoms with Crippen molar-refractivity contribution in [1.29, 1.82) is 0 Å². The lowest BCUT2D eigenvalue weighted by Gasteiger charge is -2.29. The second kappa shape index (κ2) is 9.15. The van der Waals surface area contributed by atoms with E-state index in [0.29, 0.717) is 47.3 Å². The maximum absolute atomic E-state index is 14.7. The summed E-state index contributed by atoms with van der Waals surface area (Å²) in [4.78, 5) is 28.2. The van der Waals surface area contributed by atoms with Gasteiger partial charge < -0.3 is 15.0 Å². The Bertz CT molecular complexity index is 906. The molecule has 1 N–H and O–H groups in total. The van der Waals surface area contributed by atoms with E-state index in [1.807, 2.05) is 4.90 Å². The molecule has 2 atom stereocenters. The molecule has 7 nitrogen and oxygen atoms in total. The lowest BCUT2D eigenvalue weighted by molar-refractivity contribution is -0.117. The van der Waals surface area contributed by atoms with Gasteiger partial charge in [0, 0.05) is 35.4 Å². The molecule has 0 radical (unpaired) electrons. The molecule has 1 aromatic carbocycles. The van der Waals surface area contributed by atoms with Crippen LogP contribution in [0.2, 0.25) is 0 Å². The van der Waals surface area contributed by atoms with Gasteiger partial charge in [0.2, 0.25) is 0 Å². The van der Waals surface area contributed by atoms with Crippen molar-refractivity contribution in [3.8, 4) is 0 Å². The van der Waals surface area contributed by atoms with E-state index in [1.165, 1.54) is 22.7 Å². The predicted molar refractivity (Wildman–Crippen MR) is 117 cm³/mol. The van der Waals surface area contributed by atoms with E-state index in [4.69, 9.17) is 16.3 Å². The number of cyclic esters (lactones) is 1. The number of hydrogen-bond acceptors (Lipinski definition) is 6. The molecule has 0 aliphatic carbocycles. The minimum Gasteiger partial charge on any atom is -0.442 e. The van der Waals surface area contributed by atoms with Gasteiger partial charge in [-0.05, 0) is 24.6 Å². The number of allylic oxidation sites excluding steroid dienone is 1. The average Bonchev–Trinajstić information content (AvgIpc) is 3.32. The second-order valence-electron chi connectivity index (χ2n) is 7.13. The van der Waals surface area contributed by atoms with Gasteiger partial charge in [0.25, 0.3) is 5.91 Å². The largest absolute Gasteiger partial charge is 0.442 e. The van der Waals surface area contributed by atoms with E-state index in [-0.39, 0.29) is 23.7 Å². The number of carbonyl (C=O) groups is 2. The van der Waals surface area contributed by atoms with Crippen LogP contribution in [0.4, 0.5) is 20.6 Å². The van der Waals surface area contributed by atoms with Crippen molar-refractivity contribution in [2.45, 2.75) is 17.2 Å². The minimum atomic E-state index is -0.840. The summed E-state index contributed by atoms with van der Waals surface area (Å²) in [6, 6.07) is 4.62. The summed E-state index contributed by atoms with van der Waals surface area (Å²) < 4.78 is 31.4. The molecule has 2 saturated heterocycles. The summed E-state index contributed by atoms with van der Waals surface area (Å²) >= 11 is 7.27. The molecule has 162 valence electrons. The number of hydrogen-bond donors (Lipinski definition) is 1. The first kappa shape index (κ1) is 21.5. The summed E-state index contributed by atoms with van der Waals surface area (Å²) in [6.07, 6.45) is 1.32.